The lowest BCUT2D eigenvalue weighted by atomic mass is 10.1. The van der Waals surface area contributed by atoms with E-state index in [1.807, 2.05) is 0 Å². The zero-order valence-electron chi connectivity index (χ0n) is 13.1. The lowest BCUT2D eigenvalue weighted by Crippen LogP contribution is -2.49. The monoisotopic (exact) mass is 328 g/mol. The fourth-order valence-electron chi connectivity index (χ4n) is 3.34. The van der Waals surface area contributed by atoms with Crippen LogP contribution in [-0.2, 0) is 16.6 Å². The van der Waals surface area contributed by atoms with E-state index in [0.717, 1.165) is 12.8 Å². The second kappa shape index (κ2) is 6.64. The fourth-order valence-corrected chi connectivity index (χ4v) is 5.20. The molecule has 1 aromatic heterocycles. The third-order valence-electron chi connectivity index (χ3n) is 4.57. The van der Waals surface area contributed by atoms with Crippen LogP contribution in [0, 0.1) is 12.8 Å². The lowest BCUT2D eigenvalue weighted by molar-refractivity contribution is 0.163. The first kappa shape index (κ1) is 15.9. The van der Waals surface area contributed by atoms with Crippen LogP contribution in [-0.4, -0.2) is 59.7 Å². The van der Waals surface area contributed by atoms with Crippen molar-refractivity contribution >= 4 is 10.0 Å². The van der Waals surface area contributed by atoms with Crippen molar-refractivity contribution in [1.82, 2.24) is 19.3 Å². The molecule has 7 nitrogen and oxygen atoms in total. The highest BCUT2D eigenvalue weighted by Gasteiger charge is 2.30. The molecule has 2 fully saturated rings. The molecule has 1 aliphatic heterocycles. The van der Waals surface area contributed by atoms with E-state index in [9.17, 15) is 8.42 Å². The molecule has 0 aromatic carbocycles. The van der Waals surface area contributed by atoms with Crippen LogP contribution in [0.2, 0.25) is 0 Å². The molecule has 0 radical (unpaired) electrons. The Balaban J connectivity index is 1.50. The number of sulfonamides is 1. The van der Waals surface area contributed by atoms with E-state index >= 15 is 0 Å². The van der Waals surface area contributed by atoms with Crippen LogP contribution in [0.1, 0.15) is 37.4 Å². The second-order valence-corrected chi connectivity index (χ2v) is 8.35. The van der Waals surface area contributed by atoms with Crippen LogP contribution in [0.25, 0.3) is 0 Å². The molecule has 0 amide bonds. The Kier molecular flexibility index (Phi) is 4.79. The fraction of sp³-hybridized carbons (Fsp3) is 0.857. The van der Waals surface area contributed by atoms with E-state index in [1.165, 1.54) is 12.8 Å². The first-order chi connectivity index (χ1) is 10.5. The van der Waals surface area contributed by atoms with Crippen molar-refractivity contribution in [3.8, 4) is 0 Å². The van der Waals surface area contributed by atoms with Gasteiger partial charge in [0.25, 0.3) is 0 Å². The van der Waals surface area contributed by atoms with Gasteiger partial charge in [-0.3, -0.25) is 4.90 Å². The van der Waals surface area contributed by atoms with Gasteiger partial charge >= 0.3 is 0 Å². The molecule has 3 rings (SSSR count). The number of rotatable bonds is 5. The van der Waals surface area contributed by atoms with E-state index in [2.05, 4.69) is 15.0 Å². The summed E-state index contributed by atoms with van der Waals surface area (Å²) in [5.74, 6) is 1.92. The average Bonchev–Trinajstić information content (AvgIpc) is 3.11. The molecule has 0 unspecified atom stereocenters. The first-order valence-corrected chi connectivity index (χ1v) is 9.63. The minimum Gasteiger partial charge on any atom is -0.338 e. The molecule has 1 saturated heterocycles. The van der Waals surface area contributed by atoms with Gasteiger partial charge in [-0.15, -0.1) is 0 Å². The average molecular weight is 328 g/mol. The summed E-state index contributed by atoms with van der Waals surface area (Å²) in [4.78, 5) is 6.35. The molecule has 2 heterocycles. The minimum absolute atomic E-state index is 0.329. The summed E-state index contributed by atoms with van der Waals surface area (Å²) in [6.45, 7) is 4.93. The molecule has 0 N–H and O–H groups in total. The van der Waals surface area contributed by atoms with Crippen LogP contribution in [0.4, 0.5) is 0 Å². The molecular formula is C14H24N4O3S. The Morgan fingerprint density at radius 2 is 1.86 bits per heavy atom. The molecule has 1 saturated carbocycles. The topological polar surface area (TPSA) is 79.5 Å². The third-order valence-corrected chi connectivity index (χ3v) is 6.62. The second-order valence-electron chi connectivity index (χ2n) is 6.34. The van der Waals surface area contributed by atoms with Crippen molar-refractivity contribution < 1.29 is 12.9 Å². The van der Waals surface area contributed by atoms with Crippen molar-refractivity contribution in [2.75, 3.05) is 31.9 Å². The number of hydrogen-bond donors (Lipinski definition) is 0. The molecule has 22 heavy (non-hydrogen) atoms. The van der Waals surface area contributed by atoms with Gasteiger partial charge in [0.15, 0.2) is 5.82 Å². The highest BCUT2D eigenvalue weighted by Crippen LogP contribution is 2.27. The van der Waals surface area contributed by atoms with E-state index in [1.54, 1.807) is 11.2 Å². The molecule has 1 aliphatic carbocycles. The Morgan fingerprint density at radius 1 is 1.18 bits per heavy atom. The van der Waals surface area contributed by atoms with E-state index < -0.39 is 10.0 Å². The highest BCUT2D eigenvalue weighted by atomic mass is 32.2. The number of aromatic nitrogens is 2. The first-order valence-electron chi connectivity index (χ1n) is 8.02. The molecule has 1 aromatic rings. The third kappa shape index (κ3) is 3.85. The predicted molar refractivity (Wildman–Crippen MR) is 81.6 cm³/mol. The maximum atomic E-state index is 12.5. The molecule has 124 valence electrons. The Labute approximate surface area is 131 Å². The molecular weight excluding hydrogens is 304 g/mol. The lowest BCUT2D eigenvalue weighted by Gasteiger charge is -2.33. The van der Waals surface area contributed by atoms with Crippen LogP contribution >= 0.6 is 0 Å². The van der Waals surface area contributed by atoms with Gasteiger partial charge in [-0.2, -0.15) is 9.29 Å². The van der Waals surface area contributed by atoms with Gasteiger partial charge in [0, 0.05) is 26.2 Å². The normalized spacial score (nSPS) is 22.4. The van der Waals surface area contributed by atoms with Crippen molar-refractivity contribution in [3.63, 3.8) is 0 Å². The number of hydrogen-bond acceptors (Lipinski definition) is 6. The summed E-state index contributed by atoms with van der Waals surface area (Å²) >= 11 is 0. The summed E-state index contributed by atoms with van der Waals surface area (Å²) in [7, 11) is -3.10. The van der Waals surface area contributed by atoms with Gasteiger partial charge in [0.1, 0.15) is 0 Å². The van der Waals surface area contributed by atoms with Gasteiger partial charge in [-0.25, -0.2) is 8.42 Å². The minimum atomic E-state index is -3.10. The van der Waals surface area contributed by atoms with Crippen LogP contribution < -0.4 is 0 Å². The van der Waals surface area contributed by atoms with Gasteiger partial charge in [0.2, 0.25) is 15.9 Å². The van der Waals surface area contributed by atoms with E-state index in [0.29, 0.717) is 56.1 Å². The SMILES string of the molecule is Cc1noc(CN2CCN(S(=O)(=O)CC3CCCC3)CC2)n1. The summed E-state index contributed by atoms with van der Waals surface area (Å²) in [5.41, 5.74) is 0. The zero-order chi connectivity index (χ0) is 15.6. The summed E-state index contributed by atoms with van der Waals surface area (Å²) in [6, 6.07) is 0. The molecule has 2 aliphatic rings. The zero-order valence-corrected chi connectivity index (χ0v) is 13.9. The summed E-state index contributed by atoms with van der Waals surface area (Å²) in [6.07, 6.45) is 4.49. The highest BCUT2D eigenvalue weighted by molar-refractivity contribution is 7.89. The number of aryl methyl sites for hydroxylation is 1. The maximum Gasteiger partial charge on any atom is 0.240 e. The predicted octanol–water partition coefficient (Wildman–Crippen LogP) is 1.02. The quantitative estimate of drug-likeness (QED) is 0.803. The largest absolute Gasteiger partial charge is 0.338 e. The van der Waals surface area contributed by atoms with Gasteiger partial charge in [0.05, 0.1) is 12.3 Å². The molecule has 0 bridgehead atoms. The standard InChI is InChI=1S/C14H24N4O3S/c1-12-15-14(21-16-12)10-17-6-8-18(9-7-17)22(19,20)11-13-4-2-3-5-13/h13H,2-11H2,1H3. The van der Waals surface area contributed by atoms with E-state index in [4.69, 9.17) is 4.52 Å². The molecule has 0 atom stereocenters. The van der Waals surface area contributed by atoms with E-state index in [-0.39, 0.29) is 0 Å². The number of nitrogens with zero attached hydrogens (tertiary/aromatic N) is 4. The van der Waals surface area contributed by atoms with Gasteiger partial charge in [-0.1, -0.05) is 18.0 Å². The summed E-state index contributed by atoms with van der Waals surface area (Å²) in [5, 5.41) is 3.77. The van der Waals surface area contributed by atoms with Gasteiger partial charge in [-0.05, 0) is 25.7 Å². The smallest absolute Gasteiger partial charge is 0.240 e. The Bertz CT molecular complexity index is 587. The summed E-state index contributed by atoms with van der Waals surface area (Å²) < 4.78 is 31.7. The molecule has 0 spiro atoms. The number of piperazine rings is 1. The van der Waals surface area contributed by atoms with Crippen molar-refractivity contribution in [2.24, 2.45) is 5.92 Å². The molecule has 8 heteroatoms. The Hall–Kier alpha value is -0.990. The van der Waals surface area contributed by atoms with Crippen LogP contribution in [0.3, 0.4) is 0 Å². The van der Waals surface area contributed by atoms with Crippen LogP contribution in [0.5, 0.6) is 0 Å². The maximum absolute atomic E-state index is 12.5. The van der Waals surface area contributed by atoms with Crippen molar-refractivity contribution in [2.45, 2.75) is 39.2 Å². The Morgan fingerprint density at radius 3 is 2.45 bits per heavy atom. The van der Waals surface area contributed by atoms with Crippen LogP contribution in [0.15, 0.2) is 4.52 Å². The van der Waals surface area contributed by atoms with Crippen molar-refractivity contribution in [3.05, 3.63) is 11.7 Å². The van der Waals surface area contributed by atoms with Gasteiger partial charge < -0.3 is 4.52 Å². The van der Waals surface area contributed by atoms with Crippen molar-refractivity contribution in [1.29, 1.82) is 0 Å².